The summed E-state index contributed by atoms with van der Waals surface area (Å²) < 4.78 is 15.0. The smallest absolute Gasteiger partial charge is 0.222 e. The highest BCUT2D eigenvalue weighted by Gasteiger charge is 2.20. The predicted molar refractivity (Wildman–Crippen MR) is 117 cm³/mol. The maximum Gasteiger partial charge on any atom is 0.222 e. The number of aromatic nitrogens is 3. The number of amides is 1. The molecule has 0 saturated carbocycles. The van der Waals surface area contributed by atoms with Crippen molar-refractivity contribution in [2.24, 2.45) is 7.05 Å². The van der Waals surface area contributed by atoms with Crippen LogP contribution >= 0.6 is 11.6 Å². The minimum absolute atomic E-state index is 0.0138. The van der Waals surface area contributed by atoms with Crippen LogP contribution < -0.4 is 5.32 Å². The lowest BCUT2D eigenvalue weighted by Crippen LogP contribution is -2.10. The lowest BCUT2D eigenvalue weighted by atomic mass is 10.0. The first kappa shape index (κ1) is 19.8. The highest BCUT2D eigenvalue weighted by atomic mass is 35.5. The molecule has 1 amide bonds. The number of nitrogens with one attached hydrogen (secondary N) is 1. The van der Waals surface area contributed by atoms with Gasteiger partial charge in [0.25, 0.3) is 0 Å². The van der Waals surface area contributed by atoms with Crippen LogP contribution in [0.4, 0.5) is 10.2 Å². The molecule has 5 nitrogen and oxygen atoms in total. The van der Waals surface area contributed by atoms with Crippen molar-refractivity contribution in [3.05, 3.63) is 77.8 Å². The van der Waals surface area contributed by atoms with Crippen LogP contribution in [0.25, 0.3) is 33.5 Å². The van der Waals surface area contributed by atoms with Crippen LogP contribution in [-0.2, 0) is 11.8 Å². The molecule has 30 heavy (non-hydrogen) atoms. The molecular weight excluding hydrogens is 403 g/mol. The van der Waals surface area contributed by atoms with E-state index in [1.807, 2.05) is 12.1 Å². The third-order valence-corrected chi connectivity index (χ3v) is 4.91. The Labute approximate surface area is 178 Å². The first-order valence-corrected chi connectivity index (χ1v) is 9.62. The molecule has 2 aliphatic carbocycles. The van der Waals surface area contributed by atoms with E-state index in [1.165, 1.54) is 30.2 Å². The quantitative estimate of drug-likeness (QED) is 0.415. The van der Waals surface area contributed by atoms with E-state index >= 15 is 0 Å². The summed E-state index contributed by atoms with van der Waals surface area (Å²) in [6.45, 7) is 1.43. The van der Waals surface area contributed by atoms with Gasteiger partial charge in [0.1, 0.15) is 17.3 Å². The van der Waals surface area contributed by atoms with Crippen LogP contribution in [0.3, 0.4) is 0 Å². The summed E-state index contributed by atoms with van der Waals surface area (Å²) in [5.41, 5.74) is 5.65. The van der Waals surface area contributed by atoms with E-state index in [0.29, 0.717) is 17.1 Å². The summed E-state index contributed by atoms with van der Waals surface area (Å²) in [6, 6.07) is 16.5. The second kappa shape index (κ2) is 8.08. The van der Waals surface area contributed by atoms with Gasteiger partial charge in [-0.1, -0.05) is 29.8 Å². The molecule has 0 fully saturated rings. The minimum Gasteiger partial charge on any atom is -0.311 e. The molecule has 0 saturated heterocycles. The Morgan fingerprint density at radius 3 is 2.23 bits per heavy atom. The van der Waals surface area contributed by atoms with E-state index in [4.69, 9.17) is 11.6 Å². The van der Waals surface area contributed by atoms with Gasteiger partial charge in [-0.05, 0) is 53.1 Å². The SMILES string of the molecule is CC(=O)Nc1c(-c2ccncc2)c(-c2ccc(F)c(Cl)c2)nn1C.c1cc2cc-2c1. The fraction of sp³-hybridized carbons (Fsp3) is 0.0870. The molecule has 0 spiro atoms. The van der Waals surface area contributed by atoms with Crippen LogP contribution in [0.15, 0.2) is 67.0 Å². The number of benzene rings is 2. The molecule has 1 N–H and O–H groups in total. The van der Waals surface area contributed by atoms with Crippen LogP contribution in [-0.4, -0.2) is 20.7 Å². The zero-order valence-corrected chi connectivity index (χ0v) is 17.1. The molecule has 150 valence electrons. The number of anilines is 1. The Hall–Kier alpha value is -3.51. The molecule has 0 bridgehead atoms. The number of halogens is 2. The normalized spacial score (nSPS) is 10.8. The molecular formula is C23H18ClFN4O. The molecule has 5 rings (SSSR count). The number of hydrogen-bond acceptors (Lipinski definition) is 3. The molecule has 0 aliphatic heterocycles. The van der Waals surface area contributed by atoms with Gasteiger partial charge in [0.15, 0.2) is 0 Å². The number of hydrogen-bond donors (Lipinski definition) is 1. The average molecular weight is 421 g/mol. The largest absolute Gasteiger partial charge is 0.311 e. The molecule has 2 aromatic heterocycles. The molecule has 2 aliphatic rings. The number of carbonyl (C=O) groups is 1. The van der Waals surface area contributed by atoms with Crippen molar-refractivity contribution in [2.45, 2.75) is 6.92 Å². The first-order chi connectivity index (χ1) is 14.4. The van der Waals surface area contributed by atoms with E-state index in [9.17, 15) is 9.18 Å². The summed E-state index contributed by atoms with van der Waals surface area (Å²) in [5, 5.41) is 7.29. The molecule has 2 heterocycles. The Morgan fingerprint density at radius 2 is 1.70 bits per heavy atom. The van der Waals surface area contributed by atoms with Gasteiger partial charge in [-0.3, -0.25) is 14.5 Å². The van der Waals surface area contributed by atoms with Gasteiger partial charge in [0.2, 0.25) is 5.91 Å². The molecule has 0 radical (unpaired) electrons. The number of rotatable bonds is 3. The minimum atomic E-state index is -0.496. The highest BCUT2D eigenvalue weighted by molar-refractivity contribution is 6.31. The number of fused-ring (bicyclic) bond motifs is 1. The monoisotopic (exact) mass is 420 g/mol. The summed E-state index contributed by atoms with van der Waals surface area (Å²) in [6.07, 6.45) is 3.31. The second-order valence-corrected chi connectivity index (χ2v) is 7.23. The molecule has 0 atom stereocenters. The topological polar surface area (TPSA) is 59.8 Å². The van der Waals surface area contributed by atoms with Crippen LogP contribution in [0.1, 0.15) is 6.92 Å². The summed E-state index contributed by atoms with van der Waals surface area (Å²) in [5.74, 6) is -0.162. The standard InChI is InChI=1S/C17H14ClFN4O.C6H4/c1-10(24)21-17-15(11-5-7-20-8-6-11)16(22-23(17)2)12-3-4-14(19)13(18)9-12;1-2-5-4-6(5)3-1/h3-9H,1-2H3,(H,21,24);1-4H. The third-order valence-electron chi connectivity index (χ3n) is 4.62. The Morgan fingerprint density at radius 1 is 1.00 bits per heavy atom. The maximum absolute atomic E-state index is 13.5. The maximum atomic E-state index is 13.5. The van der Waals surface area contributed by atoms with Gasteiger partial charge in [0, 0.05) is 31.9 Å². The van der Waals surface area contributed by atoms with E-state index in [1.54, 1.807) is 30.2 Å². The molecule has 1 aromatic carbocycles. The van der Waals surface area contributed by atoms with Crippen molar-refractivity contribution < 1.29 is 9.18 Å². The zero-order valence-electron chi connectivity index (χ0n) is 16.4. The highest BCUT2D eigenvalue weighted by Crippen LogP contribution is 2.38. The zero-order chi connectivity index (χ0) is 21.3. The van der Waals surface area contributed by atoms with Gasteiger partial charge in [0.05, 0.1) is 10.6 Å². The number of pyridine rings is 1. The van der Waals surface area contributed by atoms with Gasteiger partial charge in [-0.15, -0.1) is 0 Å². The van der Waals surface area contributed by atoms with Crippen molar-refractivity contribution >= 4 is 23.3 Å². The van der Waals surface area contributed by atoms with Gasteiger partial charge in [-0.25, -0.2) is 4.39 Å². The molecule has 0 unspecified atom stereocenters. The van der Waals surface area contributed by atoms with Crippen LogP contribution in [0.2, 0.25) is 5.02 Å². The molecule has 3 aromatic rings. The second-order valence-electron chi connectivity index (χ2n) is 6.82. The predicted octanol–water partition coefficient (Wildman–Crippen LogP) is 5.57. The van der Waals surface area contributed by atoms with Crippen molar-refractivity contribution in [2.75, 3.05) is 5.32 Å². The van der Waals surface area contributed by atoms with E-state index < -0.39 is 5.82 Å². The Balaban J connectivity index is 0.000000305. The lowest BCUT2D eigenvalue weighted by molar-refractivity contribution is -0.114. The van der Waals surface area contributed by atoms with Gasteiger partial charge in [-0.2, -0.15) is 5.10 Å². The van der Waals surface area contributed by atoms with E-state index in [-0.39, 0.29) is 10.9 Å². The average Bonchev–Trinajstić information content (AvgIpc) is 3.19. The third kappa shape index (κ3) is 4.09. The van der Waals surface area contributed by atoms with Gasteiger partial charge < -0.3 is 5.32 Å². The number of carbonyl (C=O) groups excluding carboxylic acids is 1. The lowest BCUT2D eigenvalue weighted by Gasteiger charge is -2.08. The summed E-state index contributed by atoms with van der Waals surface area (Å²) in [7, 11) is 1.73. The Kier molecular flexibility index (Phi) is 5.33. The first-order valence-electron chi connectivity index (χ1n) is 9.25. The fourth-order valence-corrected chi connectivity index (χ4v) is 3.33. The molecule has 7 heteroatoms. The number of nitrogens with zero attached hydrogens (tertiary/aromatic N) is 3. The van der Waals surface area contributed by atoms with Crippen LogP contribution in [0, 0.1) is 5.82 Å². The summed E-state index contributed by atoms with van der Waals surface area (Å²) in [4.78, 5) is 15.6. The van der Waals surface area contributed by atoms with E-state index in [2.05, 4.69) is 39.7 Å². The van der Waals surface area contributed by atoms with Crippen molar-refractivity contribution in [3.63, 3.8) is 0 Å². The van der Waals surface area contributed by atoms with Crippen molar-refractivity contribution in [1.29, 1.82) is 0 Å². The van der Waals surface area contributed by atoms with Crippen molar-refractivity contribution in [3.8, 4) is 33.5 Å². The summed E-state index contributed by atoms with van der Waals surface area (Å²) >= 11 is 5.90. The number of aryl methyl sites for hydroxylation is 1. The van der Waals surface area contributed by atoms with Gasteiger partial charge >= 0.3 is 0 Å². The fourth-order valence-electron chi connectivity index (χ4n) is 3.15. The Bertz CT molecular complexity index is 1220. The van der Waals surface area contributed by atoms with Crippen LogP contribution in [0.5, 0.6) is 0 Å². The van der Waals surface area contributed by atoms with E-state index in [0.717, 1.165) is 11.1 Å². The van der Waals surface area contributed by atoms with Crippen molar-refractivity contribution in [1.82, 2.24) is 14.8 Å².